The van der Waals surface area contributed by atoms with Crippen LogP contribution in [0, 0.1) is 6.92 Å². The van der Waals surface area contributed by atoms with Crippen LogP contribution < -0.4 is 16.4 Å². The number of carbonyl (C=O) groups excluding carboxylic acids is 1. The third-order valence-electron chi connectivity index (χ3n) is 3.19. The first-order valence-electron chi connectivity index (χ1n) is 6.09. The molecule has 0 atom stereocenters. The van der Waals surface area contributed by atoms with Crippen molar-refractivity contribution in [3.63, 3.8) is 0 Å². The van der Waals surface area contributed by atoms with Gasteiger partial charge in [0.1, 0.15) is 0 Å². The maximum absolute atomic E-state index is 11.8. The van der Waals surface area contributed by atoms with Crippen molar-refractivity contribution in [1.29, 1.82) is 0 Å². The highest BCUT2D eigenvalue weighted by Crippen LogP contribution is 2.19. The molecule has 2 rings (SSSR count). The molecule has 0 spiro atoms. The Bertz CT molecular complexity index is 411. The van der Waals surface area contributed by atoms with Crippen LogP contribution in [0.1, 0.15) is 31.2 Å². The number of anilines is 2. The third-order valence-corrected chi connectivity index (χ3v) is 3.19. The number of carbonyl (C=O) groups is 1. The lowest BCUT2D eigenvalue weighted by atomic mass is 10.2. The minimum absolute atomic E-state index is 0.121. The Balaban J connectivity index is 1.93. The van der Waals surface area contributed by atoms with Crippen molar-refractivity contribution in [2.24, 2.45) is 0 Å². The number of hydrogen-bond acceptors (Lipinski definition) is 2. The summed E-state index contributed by atoms with van der Waals surface area (Å²) in [6.07, 6.45) is 4.61. The number of aryl methyl sites for hydroxylation is 1. The molecule has 1 aliphatic rings. The van der Waals surface area contributed by atoms with Crippen LogP contribution in [0.4, 0.5) is 16.2 Å². The molecule has 4 nitrogen and oxygen atoms in total. The number of amides is 2. The number of nitrogens with two attached hydrogens (primary N) is 1. The zero-order valence-electron chi connectivity index (χ0n) is 10.1. The van der Waals surface area contributed by atoms with Crippen LogP contribution in [0.5, 0.6) is 0 Å². The topological polar surface area (TPSA) is 67.1 Å². The number of urea groups is 1. The van der Waals surface area contributed by atoms with E-state index in [0.717, 1.165) is 24.1 Å². The van der Waals surface area contributed by atoms with Crippen LogP contribution >= 0.6 is 0 Å². The summed E-state index contributed by atoms with van der Waals surface area (Å²) in [6, 6.07) is 5.69. The molecule has 0 saturated heterocycles. The molecular weight excluding hydrogens is 214 g/mol. The van der Waals surface area contributed by atoms with Gasteiger partial charge in [-0.05, 0) is 43.5 Å². The second kappa shape index (κ2) is 5.08. The standard InChI is InChI=1S/C13H19N3O/c1-9-8-10(14)6-7-12(9)16-13(17)15-11-4-2-3-5-11/h6-8,11H,2-5,14H2,1H3,(H2,15,16,17). The number of hydrogen-bond donors (Lipinski definition) is 3. The summed E-state index contributed by atoms with van der Waals surface area (Å²) in [5.41, 5.74) is 8.17. The van der Waals surface area contributed by atoms with Crippen molar-refractivity contribution in [2.75, 3.05) is 11.1 Å². The van der Waals surface area contributed by atoms with E-state index >= 15 is 0 Å². The Hall–Kier alpha value is -1.71. The van der Waals surface area contributed by atoms with E-state index in [1.54, 1.807) is 6.07 Å². The zero-order valence-corrected chi connectivity index (χ0v) is 10.1. The van der Waals surface area contributed by atoms with Gasteiger partial charge in [-0.2, -0.15) is 0 Å². The summed E-state index contributed by atoms with van der Waals surface area (Å²) in [4.78, 5) is 11.8. The van der Waals surface area contributed by atoms with Gasteiger partial charge in [-0.25, -0.2) is 4.79 Å². The highest BCUT2D eigenvalue weighted by molar-refractivity contribution is 5.90. The van der Waals surface area contributed by atoms with Gasteiger partial charge in [0.05, 0.1) is 0 Å². The lowest BCUT2D eigenvalue weighted by Gasteiger charge is -2.14. The van der Waals surface area contributed by atoms with Crippen molar-refractivity contribution in [3.05, 3.63) is 23.8 Å². The van der Waals surface area contributed by atoms with Gasteiger partial charge in [0, 0.05) is 17.4 Å². The van der Waals surface area contributed by atoms with E-state index in [1.807, 2.05) is 19.1 Å². The van der Waals surface area contributed by atoms with E-state index in [0.29, 0.717) is 11.7 Å². The second-order valence-corrected chi connectivity index (χ2v) is 4.65. The smallest absolute Gasteiger partial charge is 0.319 e. The number of benzene rings is 1. The first-order chi connectivity index (χ1) is 8.15. The molecule has 0 heterocycles. The summed E-state index contributed by atoms with van der Waals surface area (Å²) in [5.74, 6) is 0. The van der Waals surface area contributed by atoms with Gasteiger partial charge in [-0.3, -0.25) is 0 Å². The van der Waals surface area contributed by atoms with E-state index in [4.69, 9.17) is 5.73 Å². The van der Waals surface area contributed by atoms with Crippen molar-refractivity contribution in [2.45, 2.75) is 38.6 Å². The molecule has 1 saturated carbocycles. The largest absolute Gasteiger partial charge is 0.399 e. The van der Waals surface area contributed by atoms with Gasteiger partial charge in [0.25, 0.3) is 0 Å². The van der Waals surface area contributed by atoms with Gasteiger partial charge in [-0.15, -0.1) is 0 Å². The van der Waals surface area contributed by atoms with Crippen molar-refractivity contribution >= 4 is 17.4 Å². The van der Waals surface area contributed by atoms with Gasteiger partial charge < -0.3 is 16.4 Å². The van der Waals surface area contributed by atoms with Crippen LogP contribution in [-0.2, 0) is 0 Å². The van der Waals surface area contributed by atoms with E-state index in [9.17, 15) is 4.79 Å². The molecule has 1 aromatic carbocycles. The molecule has 0 bridgehead atoms. The second-order valence-electron chi connectivity index (χ2n) is 4.65. The van der Waals surface area contributed by atoms with E-state index < -0.39 is 0 Å². The van der Waals surface area contributed by atoms with Gasteiger partial charge in [0.2, 0.25) is 0 Å². The average Bonchev–Trinajstić information content (AvgIpc) is 2.75. The Morgan fingerprint density at radius 1 is 1.35 bits per heavy atom. The molecule has 2 amide bonds. The molecule has 1 aliphatic carbocycles. The van der Waals surface area contributed by atoms with Crippen molar-refractivity contribution < 1.29 is 4.79 Å². The van der Waals surface area contributed by atoms with Gasteiger partial charge in [0.15, 0.2) is 0 Å². The zero-order chi connectivity index (χ0) is 12.3. The monoisotopic (exact) mass is 233 g/mol. The fraction of sp³-hybridized carbons (Fsp3) is 0.462. The average molecular weight is 233 g/mol. The van der Waals surface area contributed by atoms with Crippen molar-refractivity contribution in [1.82, 2.24) is 5.32 Å². The molecule has 0 aliphatic heterocycles. The molecule has 92 valence electrons. The van der Waals surface area contributed by atoms with Crippen LogP contribution in [0.15, 0.2) is 18.2 Å². The summed E-state index contributed by atoms with van der Waals surface area (Å²) < 4.78 is 0. The Morgan fingerprint density at radius 3 is 2.71 bits per heavy atom. The molecule has 1 fully saturated rings. The first-order valence-corrected chi connectivity index (χ1v) is 6.09. The van der Waals surface area contributed by atoms with Crippen LogP contribution in [-0.4, -0.2) is 12.1 Å². The molecule has 4 N–H and O–H groups in total. The molecule has 0 aromatic heterocycles. The van der Waals surface area contributed by atoms with E-state index in [1.165, 1.54) is 12.8 Å². The van der Waals surface area contributed by atoms with E-state index in [-0.39, 0.29) is 6.03 Å². The molecule has 17 heavy (non-hydrogen) atoms. The molecule has 0 unspecified atom stereocenters. The fourth-order valence-corrected chi connectivity index (χ4v) is 2.24. The molecule has 4 heteroatoms. The predicted octanol–water partition coefficient (Wildman–Crippen LogP) is 2.64. The number of nitrogen functional groups attached to an aromatic ring is 1. The molecule has 1 aromatic rings. The summed E-state index contributed by atoms with van der Waals surface area (Å²) >= 11 is 0. The van der Waals surface area contributed by atoms with Gasteiger partial charge >= 0.3 is 6.03 Å². The summed E-state index contributed by atoms with van der Waals surface area (Å²) in [5, 5.41) is 5.85. The third kappa shape index (κ3) is 3.12. The maximum atomic E-state index is 11.8. The molecular formula is C13H19N3O. The van der Waals surface area contributed by atoms with Crippen LogP contribution in [0.2, 0.25) is 0 Å². The van der Waals surface area contributed by atoms with Crippen molar-refractivity contribution in [3.8, 4) is 0 Å². The van der Waals surface area contributed by atoms with Crippen LogP contribution in [0.3, 0.4) is 0 Å². The van der Waals surface area contributed by atoms with Crippen LogP contribution in [0.25, 0.3) is 0 Å². The Morgan fingerprint density at radius 2 is 2.06 bits per heavy atom. The predicted molar refractivity (Wildman–Crippen MR) is 70.0 cm³/mol. The Labute approximate surface area is 102 Å². The van der Waals surface area contributed by atoms with E-state index in [2.05, 4.69) is 10.6 Å². The maximum Gasteiger partial charge on any atom is 0.319 e. The number of rotatable bonds is 2. The normalized spacial score (nSPS) is 15.8. The fourth-order valence-electron chi connectivity index (χ4n) is 2.24. The summed E-state index contributed by atoms with van der Waals surface area (Å²) in [7, 11) is 0. The SMILES string of the molecule is Cc1cc(N)ccc1NC(=O)NC1CCCC1. The minimum atomic E-state index is -0.121. The molecule has 0 radical (unpaired) electrons. The lowest BCUT2D eigenvalue weighted by Crippen LogP contribution is -2.36. The minimum Gasteiger partial charge on any atom is -0.399 e. The Kier molecular flexibility index (Phi) is 3.52. The van der Waals surface area contributed by atoms with Gasteiger partial charge in [-0.1, -0.05) is 12.8 Å². The lowest BCUT2D eigenvalue weighted by molar-refractivity contribution is 0.248. The first kappa shape index (κ1) is 11.8. The quantitative estimate of drug-likeness (QED) is 0.687. The number of nitrogens with one attached hydrogen (secondary N) is 2. The highest BCUT2D eigenvalue weighted by Gasteiger charge is 2.17. The summed E-state index contributed by atoms with van der Waals surface area (Å²) in [6.45, 7) is 1.93. The highest BCUT2D eigenvalue weighted by atomic mass is 16.2.